The van der Waals surface area contributed by atoms with Crippen LogP contribution in [0.25, 0.3) is 0 Å². The van der Waals surface area contributed by atoms with E-state index in [-0.39, 0.29) is 17.4 Å². The molecule has 4 heteroatoms. The number of nitrogens with zero attached hydrogens (tertiary/aromatic N) is 1. The number of benzene rings is 1. The standard InChI is InChI=1S/C15H23FN2O/c1-11-8-12(10-13(16)9-11)14(17)15(2,3)18-4-6-19-7-5-18/h8-10,14H,4-7,17H2,1-3H3. The molecular weight excluding hydrogens is 243 g/mol. The Labute approximate surface area is 114 Å². The fourth-order valence-electron chi connectivity index (χ4n) is 2.69. The number of nitrogens with two attached hydrogens (primary N) is 1. The summed E-state index contributed by atoms with van der Waals surface area (Å²) in [6.07, 6.45) is 0. The van der Waals surface area contributed by atoms with Crippen LogP contribution in [0.3, 0.4) is 0 Å². The molecule has 1 unspecified atom stereocenters. The summed E-state index contributed by atoms with van der Waals surface area (Å²) in [4.78, 5) is 2.32. The number of aryl methyl sites for hydroxylation is 1. The van der Waals surface area contributed by atoms with Crippen LogP contribution >= 0.6 is 0 Å². The predicted molar refractivity (Wildman–Crippen MR) is 74.5 cm³/mol. The third-order valence-corrected chi connectivity index (χ3v) is 4.01. The van der Waals surface area contributed by atoms with E-state index < -0.39 is 0 Å². The molecule has 19 heavy (non-hydrogen) atoms. The van der Waals surface area contributed by atoms with Gasteiger partial charge in [-0.2, -0.15) is 0 Å². The van der Waals surface area contributed by atoms with Gasteiger partial charge in [-0.15, -0.1) is 0 Å². The number of ether oxygens (including phenoxy) is 1. The number of halogens is 1. The third kappa shape index (κ3) is 3.14. The maximum Gasteiger partial charge on any atom is 0.123 e. The molecule has 1 aromatic carbocycles. The molecular formula is C15H23FN2O. The fourth-order valence-corrected chi connectivity index (χ4v) is 2.69. The quantitative estimate of drug-likeness (QED) is 0.912. The van der Waals surface area contributed by atoms with Crippen molar-refractivity contribution in [3.63, 3.8) is 0 Å². The lowest BCUT2D eigenvalue weighted by Crippen LogP contribution is -2.55. The molecule has 0 spiro atoms. The summed E-state index contributed by atoms with van der Waals surface area (Å²) >= 11 is 0. The van der Waals surface area contributed by atoms with Gasteiger partial charge in [-0.25, -0.2) is 4.39 Å². The van der Waals surface area contributed by atoms with E-state index in [0.717, 1.165) is 37.4 Å². The van der Waals surface area contributed by atoms with E-state index in [9.17, 15) is 4.39 Å². The lowest BCUT2D eigenvalue weighted by atomic mass is 9.86. The fraction of sp³-hybridized carbons (Fsp3) is 0.600. The minimum atomic E-state index is -0.222. The van der Waals surface area contributed by atoms with E-state index in [4.69, 9.17) is 10.5 Å². The van der Waals surface area contributed by atoms with Crippen LogP contribution in [0, 0.1) is 12.7 Å². The Balaban J connectivity index is 2.22. The molecule has 0 radical (unpaired) electrons. The topological polar surface area (TPSA) is 38.5 Å². The van der Waals surface area contributed by atoms with Gasteiger partial charge in [0, 0.05) is 24.7 Å². The van der Waals surface area contributed by atoms with E-state index in [0.29, 0.717) is 0 Å². The largest absolute Gasteiger partial charge is 0.379 e. The van der Waals surface area contributed by atoms with Crippen LogP contribution in [0.5, 0.6) is 0 Å². The van der Waals surface area contributed by atoms with Crippen LogP contribution in [0.2, 0.25) is 0 Å². The highest BCUT2D eigenvalue weighted by Gasteiger charge is 2.35. The molecule has 0 aliphatic carbocycles. The normalized spacial score (nSPS) is 19.4. The molecule has 2 rings (SSSR count). The van der Waals surface area contributed by atoms with Crippen LogP contribution in [0.15, 0.2) is 18.2 Å². The van der Waals surface area contributed by atoms with Crippen molar-refractivity contribution in [3.05, 3.63) is 35.1 Å². The molecule has 1 atom stereocenters. The van der Waals surface area contributed by atoms with Crippen LogP contribution in [-0.4, -0.2) is 36.7 Å². The molecule has 3 nitrogen and oxygen atoms in total. The summed E-state index contributed by atoms with van der Waals surface area (Å²) in [7, 11) is 0. The summed E-state index contributed by atoms with van der Waals surface area (Å²) in [5, 5.41) is 0. The van der Waals surface area contributed by atoms with Crippen molar-refractivity contribution in [2.24, 2.45) is 5.73 Å². The van der Waals surface area contributed by atoms with Crippen LogP contribution in [-0.2, 0) is 4.74 Å². The van der Waals surface area contributed by atoms with Gasteiger partial charge in [0.15, 0.2) is 0 Å². The van der Waals surface area contributed by atoms with Gasteiger partial charge in [0.2, 0.25) is 0 Å². The Kier molecular flexibility index (Phi) is 4.23. The highest BCUT2D eigenvalue weighted by Crippen LogP contribution is 2.30. The average Bonchev–Trinajstić information content (AvgIpc) is 2.37. The van der Waals surface area contributed by atoms with Gasteiger partial charge in [0.1, 0.15) is 5.82 Å². The van der Waals surface area contributed by atoms with Crippen LogP contribution in [0.1, 0.15) is 31.0 Å². The van der Waals surface area contributed by atoms with Gasteiger partial charge in [-0.1, -0.05) is 6.07 Å². The molecule has 2 N–H and O–H groups in total. The molecule has 0 aromatic heterocycles. The SMILES string of the molecule is Cc1cc(F)cc(C(N)C(C)(C)N2CCOCC2)c1. The molecule has 0 amide bonds. The molecule has 106 valence electrons. The smallest absolute Gasteiger partial charge is 0.123 e. The first-order chi connectivity index (χ1) is 8.91. The second-order valence-corrected chi connectivity index (χ2v) is 5.79. The maximum atomic E-state index is 13.5. The minimum Gasteiger partial charge on any atom is -0.379 e. The van der Waals surface area contributed by atoms with Gasteiger partial charge in [0.05, 0.1) is 13.2 Å². The number of morpholine rings is 1. The Hall–Kier alpha value is -0.970. The number of rotatable bonds is 3. The molecule has 1 fully saturated rings. The second-order valence-electron chi connectivity index (χ2n) is 5.79. The van der Waals surface area contributed by atoms with Crippen molar-refractivity contribution in [1.29, 1.82) is 0 Å². The van der Waals surface area contributed by atoms with Crippen molar-refractivity contribution in [2.75, 3.05) is 26.3 Å². The van der Waals surface area contributed by atoms with E-state index >= 15 is 0 Å². The summed E-state index contributed by atoms with van der Waals surface area (Å²) in [6.45, 7) is 9.33. The summed E-state index contributed by atoms with van der Waals surface area (Å²) in [5.74, 6) is -0.219. The molecule has 1 aliphatic rings. The number of hydrogen-bond donors (Lipinski definition) is 1. The van der Waals surface area contributed by atoms with Gasteiger partial charge >= 0.3 is 0 Å². The first-order valence-electron chi connectivity index (χ1n) is 6.77. The molecule has 1 saturated heterocycles. The molecule has 1 heterocycles. The van der Waals surface area contributed by atoms with E-state index in [1.807, 2.05) is 13.0 Å². The lowest BCUT2D eigenvalue weighted by molar-refractivity contribution is -0.0190. The lowest BCUT2D eigenvalue weighted by Gasteiger charge is -2.44. The third-order valence-electron chi connectivity index (χ3n) is 4.01. The van der Waals surface area contributed by atoms with Gasteiger partial charge in [-0.3, -0.25) is 4.90 Å². The summed E-state index contributed by atoms with van der Waals surface area (Å²) < 4.78 is 18.9. The van der Waals surface area contributed by atoms with Crippen molar-refractivity contribution >= 4 is 0 Å². The first kappa shape index (κ1) is 14.4. The summed E-state index contributed by atoms with van der Waals surface area (Å²) in [6, 6.07) is 4.81. The Morgan fingerprint density at radius 3 is 2.47 bits per heavy atom. The van der Waals surface area contributed by atoms with Gasteiger partial charge in [-0.05, 0) is 44.0 Å². The highest BCUT2D eigenvalue weighted by molar-refractivity contribution is 5.28. The van der Waals surface area contributed by atoms with E-state index in [2.05, 4.69) is 18.7 Å². The zero-order valence-corrected chi connectivity index (χ0v) is 11.9. The number of hydrogen-bond acceptors (Lipinski definition) is 3. The maximum absolute atomic E-state index is 13.5. The highest BCUT2D eigenvalue weighted by atomic mass is 19.1. The predicted octanol–water partition coefficient (Wildman–Crippen LogP) is 2.24. The van der Waals surface area contributed by atoms with Crippen molar-refractivity contribution < 1.29 is 9.13 Å². The monoisotopic (exact) mass is 266 g/mol. The van der Waals surface area contributed by atoms with Crippen molar-refractivity contribution in [1.82, 2.24) is 4.90 Å². The van der Waals surface area contributed by atoms with Crippen molar-refractivity contribution in [3.8, 4) is 0 Å². The molecule has 0 saturated carbocycles. The van der Waals surface area contributed by atoms with Gasteiger partial charge < -0.3 is 10.5 Å². The van der Waals surface area contributed by atoms with Crippen LogP contribution in [0.4, 0.5) is 4.39 Å². The Morgan fingerprint density at radius 2 is 1.89 bits per heavy atom. The van der Waals surface area contributed by atoms with Crippen molar-refractivity contribution in [2.45, 2.75) is 32.4 Å². The van der Waals surface area contributed by atoms with Crippen LogP contribution < -0.4 is 5.73 Å². The first-order valence-corrected chi connectivity index (χ1v) is 6.77. The van der Waals surface area contributed by atoms with Gasteiger partial charge in [0.25, 0.3) is 0 Å². The van der Waals surface area contributed by atoms with E-state index in [1.165, 1.54) is 6.07 Å². The molecule has 0 bridgehead atoms. The Morgan fingerprint density at radius 1 is 1.26 bits per heavy atom. The zero-order chi connectivity index (χ0) is 14.0. The average molecular weight is 266 g/mol. The minimum absolute atomic E-state index is 0.218. The zero-order valence-electron chi connectivity index (χ0n) is 11.9. The molecule has 1 aromatic rings. The summed E-state index contributed by atoms with van der Waals surface area (Å²) in [5.41, 5.74) is 7.94. The molecule has 1 aliphatic heterocycles. The second kappa shape index (κ2) is 5.57. The van der Waals surface area contributed by atoms with E-state index in [1.54, 1.807) is 6.07 Å². The Bertz CT molecular complexity index is 422.